The number of piperazine rings is 1. The summed E-state index contributed by atoms with van der Waals surface area (Å²) in [5.74, 6) is 0.449. The van der Waals surface area contributed by atoms with Crippen LogP contribution in [0.1, 0.15) is 41.5 Å². The lowest BCUT2D eigenvalue weighted by molar-refractivity contribution is -0.135. The van der Waals surface area contributed by atoms with Crippen molar-refractivity contribution < 1.29 is 14.3 Å². The molecule has 0 radical (unpaired) electrons. The number of nitrogens with one attached hydrogen (secondary N) is 2. The fourth-order valence-corrected chi connectivity index (χ4v) is 4.57. The first kappa shape index (κ1) is 21.2. The summed E-state index contributed by atoms with van der Waals surface area (Å²) < 4.78 is 6.06. The first-order valence-corrected chi connectivity index (χ1v) is 11.4. The van der Waals surface area contributed by atoms with Crippen LogP contribution < -0.4 is 20.3 Å². The summed E-state index contributed by atoms with van der Waals surface area (Å²) in [5.41, 5.74) is 5.31. The zero-order valence-electron chi connectivity index (χ0n) is 18.9. The number of carbonyl (C=O) groups is 2. The van der Waals surface area contributed by atoms with Gasteiger partial charge in [-0.2, -0.15) is 0 Å². The van der Waals surface area contributed by atoms with Crippen LogP contribution in [0.5, 0.6) is 5.88 Å². The third-order valence-corrected chi connectivity index (χ3v) is 6.51. The van der Waals surface area contributed by atoms with Gasteiger partial charge in [0.05, 0.1) is 49.0 Å². The highest BCUT2D eigenvalue weighted by Gasteiger charge is 2.35. The maximum atomic E-state index is 13.2. The van der Waals surface area contributed by atoms with E-state index in [9.17, 15) is 9.59 Å². The largest absolute Gasteiger partial charge is 0.477 e. The maximum Gasteiger partial charge on any atom is 0.269 e. The zero-order valence-corrected chi connectivity index (χ0v) is 18.9. The van der Waals surface area contributed by atoms with Gasteiger partial charge in [-0.25, -0.2) is 9.97 Å². The van der Waals surface area contributed by atoms with Gasteiger partial charge in [0.1, 0.15) is 5.69 Å². The summed E-state index contributed by atoms with van der Waals surface area (Å²) in [7, 11) is 1.57. The number of anilines is 2. The fourth-order valence-electron chi connectivity index (χ4n) is 4.57. The molecule has 0 aliphatic carbocycles. The van der Waals surface area contributed by atoms with E-state index >= 15 is 0 Å². The Morgan fingerprint density at radius 1 is 1.33 bits per heavy atom. The van der Waals surface area contributed by atoms with Gasteiger partial charge in [0.2, 0.25) is 11.8 Å². The Balaban J connectivity index is 1.36. The van der Waals surface area contributed by atoms with E-state index in [1.165, 1.54) is 5.57 Å². The Kier molecular flexibility index (Phi) is 5.62. The van der Waals surface area contributed by atoms with Gasteiger partial charge >= 0.3 is 0 Å². The van der Waals surface area contributed by atoms with Crippen LogP contribution in [0.4, 0.5) is 11.4 Å². The molecule has 2 amide bonds. The second-order valence-electron chi connectivity index (χ2n) is 8.57. The Labute approximate surface area is 192 Å². The molecule has 1 saturated heterocycles. The van der Waals surface area contributed by atoms with Crippen molar-refractivity contribution in [3.63, 3.8) is 0 Å². The second-order valence-corrected chi connectivity index (χ2v) is 8.57. The minimum absolute atomic E-state index is 0.0219. The summed E-state index contributed by atoms with van der Waals surface area (Å²) in [6.07, 6.45) is 5.49. The first-order chi connectivity index (χ1) is 16.1. The van der Waals surface area contributed by atoms with Crippen LogP contribution in [0.25, 0.3) is 6.08 Å². The second kappa shape index (κ2) is 8.73. The number of pyridine rings is 2. The highest BCUT2D eigenvalue weighted by atomic mass is 16.5. The summed E-state index contributed by atoms with van der Waals surface area (Å²) in [4.78, 5) is 37.9. The smallest absolute Gasteiger partial charge is 0.269 e. The molecular weight excluding hydrogens is 420 g/mol. The van der Waals surface area contributed by atoms with Crippen LogP contribution in [0.15, 0.2) is 30.0 Å². The number of nitrogens with zero attached hydrogens (tertiary/aromatic N) is 4. The number of ether oxygens (including phenoxy) is 1. The predicted molar refractivity (Wildman–Crippen MR) is 125 cm³/mol. The van der Waals surface area contributed by atoms with E-state index in [0.29, 0.717) is 31.3 Å². The maximum absolute atomic E-state index is 13.2. The minimum Gasteiger partial charge on any atom is -0.477 e. The number of hydrogen-bond acceptors (Lipinski definition) is 7. The van der Waals surface area contributed by atoms with Crippen LogP contribution in [-0.4, -0.2) is 66.0 Å². The lowest BCUT2D eigenvalue weighted by Gasteiger charge is -2.43. The van der Waals surface area contributed by atoms with Crippen molar-refractivity contribution in [1.82, 2.24) is 20.2 Å². The number of carbonyl (C=O) groups excluding carboxylic acids is 2. The van der Waals surface area contributed by atoms with Crippen molar-refractivity contribution in [2.75, 3.05) is 43.5 Å². The van der Waals surface area contributed by atoms with Crippen molar-refractivity contribution in [3.05, 3.63) is 46.9 Å². The van der Waals surface area contributed by atoms with E-state index < -0.39 is 0 Å². The van der Waals surface area contributed by atoms with E-state index in [2.05, 4.69) is 34.7 Å². The minimum atomic E-state index is -0.232. The number of rotatable bonds is 3. The summed E-state index contributed by atoms with van der Waals surface area (Å²) >= 11 is 0. The Morgan fingerprint density at radius 2 is 2.21 bits per heavy atom. The van der Waals surface area contributed by atoms with Crippen molar-refractivity contribution >= 4 is 29.3 Å². The van der Waals surface area contributed by atoms with E-state index in [1.54, 1.807) is 19.3 Å². The van der Waals surface area contributed by atoms with Gasteiger partial charge in [-0.15, -0.1) is 0 Å². The summed E-state index contributed by atoms with van der Waals surface area (Å²) in [6, 6.07) is 5.62. The third kappa shape index (κ3) is 4.10. The molecule has 5 heterocycles. The summed E-state index contributed by atoms with van der Waals surface area (Å²) in [5, 5.41) is 6.01. The highest BCUT2D eigenvalue weighted by molar-refractivity contribution is 5.92. The molecule has 0 saturated carbocycles. The molecule has 0 unspecified atom stereocenters. The molecular formula is C24H28N6O3. The number of fused-ring (bicyclic) bond motifs is 3. The van der Waals surface area contributed by atoms with Gasteiger partial charge in [0, 0.05) is 32.1 Å². The van der Waals surface area contributed by atoms with E-state index in [-0.39, 0.29) is 24.4 Å². The van der Waals surface area contributed by atoms with Crippen LogP contribution in [0, 0.1) is 0 Å². The van der Waals surface area contributed by atoms with Gasteiger partial charge in [-0.05, 0) is 36.3 Å². The van der Waals surface area contributed by atoms with Crippen LogP contribution in [-0.2, 0) is 11.3 Å². The molecule has 2 N–H and O–H groups in total. The normalized spacial score (nSPS) is 19.6. The molecule has 3 aliphatic heterocycles. The first-order valence-electron chi connectivity index (χ1n) is 11.4. The monoisotopic (exact) mass is 448 g/mol. The summed E-state index contributed by atoms with van der Waals surface area (Å²) in [6.45, 7) is 4.88. The average Bonchev–Trinajstić information content (AvgIpc) is 2.83. The van der Waals surface area contributed by atoms with Gasteiger partial charge in [0.25, 0.3) is 5.91 Å². The SMILES string of the molecule is CCC1=Cc2nc3c(cc2NC1)CN1C(=O)CN(c2ccc(C(=O)NC)nc2)C[C@H]1CCO3. The van der Waals surface area contributed by atoms with Crippen LogP contribution in [0.3, 0.4) is 0 Å². The lowest BCUT2D eigenvalue weighted by atomic mass is 10.0. The fraction of sp³-hybridized carbons (Fsp3) is 0.417. The van der Waals surface area contributed by atoms with Crippen molar-refractivity contribution in [3.8, 4) is 5.88 Å². The average molecular weight is 449 g/mol. The van der Waals surface area contributed by atoms with E-state index in [1.807, 2.05) is 15.9 Å². The Bertz CT molecular complexity index is 1110. The van der Waals surface area contributed by atoms with Crippen molar-refractivity contribution in [2.45, 2.75) is 32.4 Å². The van der Waals surface area contributed by atoms with Gasteiger partial charge in [-0.3, -0.25) is 9.59 Å². The Morgan fingerprint density at radius 3 is 2.97 bits per heavy atom. The molecule has 1 atom stereocenters. The van der Waals surface area contributed by atoms with Crippen LogP contribution >= 0.6 is 0 Å². The van der Waals surface area contributed by atoms with Crippen molar-refractivity contribution in [2.24, 2.45) is 0 Å². The molecule has 3 aliphatic rings. The van der Waals surface area contributed by atoms with Crippen LogP contribution in [0.2, 0.25) is 0 Å². The molecule has 1 fully saturated rings. The van der Waals surface area contributed by atoms with Gasteiger partial charge in [0.15, 0.2) is 0 Å². The quantitative estimate of drug-likeness (QED) is 0.741. The molecule has 9 heteroatoms. The zero-order chi connectivity index (χ0) is 22.9. The number of amides is 2. The topological polar surface area (TPSA) is 99.7 Å². The van der Waals surface area contributed by atoms with Gasteiger partial charge in [-0.1, -0.05) is 6.92 Å². The van der Waals surface area contributed by atoms with E-state index in [0.717, 1.165) is 42.0 Å². The van der Waals surface area contributed by atoms with Crippen molar-refractivity contribution in [1.29, 1.82) is 0 Å². The molecule has 0 aromatic carbocycles. The predicted octanol–water partition coefficient (Wildman–Crippen LogP) is 2.06. The Hall–Kier alpha value is -3.62. The molecule has 9 nitrogen and oxygen atoms in total. The molecule has 5 rings (SSSR count). The molecule has 172 valence electrons. The molecule has 2 aromatic heterocycles. The molecule has 33 heavy (non-hydrogen) atoms. The molecule has 0 spiro atoms. The standard InChI is InChI=1S/C24H28N6O3/c1-3-15-8-21-20(26-10-15)9-16-12-30-18(6-7-33-24(16)28-21)13-29(14-22(30)31)17-4-5-19(27-11-17)23(32)25-2/h4-5,8-9,11,18,26H,3,6-7,10,12-14H2,1-2H3,(H,25,32)/t18-/m1/s1. The highest BCUT2D eigenvalue weighted by Crippen LogP contribution is 2.33. The van der Waals surface area contributed by atoms with E-state index in [4.69, 9.17) is 9.72 Å². The number of hydrogen-bond donors (Lipinski definition) is 2. The molecule has 0 bridgehead atoms. The number of aromatic nitrogens is 2. The lowest BCUT2D eigenvalue weighted by Crippen LogP contribution is -2.57. The van der Waals surface area contributed by atoms with Gasteiger partial charge < -0.3 is 25.2 Å². The third-order valence-electron chi connectivity index (χ3n) is 6.51. The molecule has 2 aromatic rings.